The summed E-state index contributed by atoms with van der Waals surface area (Å²) in [5.74, 6) is -0.302. The number of hydrogen-bond donors (Lipinski definition) is 2. The highest BCUT2D eigenvalue weighted by atomic mass is 16.7. The van der Waals surface area contributed by atoms with E-state index >= 15 is 0 Å². The number of aliphatic hydroxyl groups is 1. The largest absolute Gasteiger partial charge is 0.443 e. The van der Waals surface area contributed by atoms with Gasteiger partial charge in [-0.2, -0.15) is 0 Å². The minimum atomic E-state index is -0.971. The van der Waals surface area contributed by atoms with Crippen LogP contribution in [-0.4, -0.2) is 59.8 Å². The van der Waals surface area contributed by atoms with Gasteiger partial charge in [-0.05, 0) is 88.0 Å². The number of carbonyl (C=O) groups excluding carboxylic acids is 2. The van der Waals surface area contributed by atoms with E-state index in [1.165, 1.54) is 10.5 Å². The maximum absolute atomic E-state index is 13.1. The lowest BCUT2D eigenvalue weighted by atomic mass is 9.53. The molecule has 1 aliphatic heterocycles. The second kappa shape index (κ2) is 9.13. The van der Waals surface area contributed by atoms with Crippen LogP contribution >= 0.6 is 0 Å². The van der Waals surface area contributed by atoms with Crippen LogP contribution in [0.4, 0.5) is 10.5 Å². The molecule has 3 N–H and O–H groups in total. The molecule has 1 aromatic rings. The van der Waals surface area contributed by atoms with E-state index in [2.05, 4.69) is 0 Å². The van der Waals surface area contributed by atoms with Crippen LogP contribution in [0.2, 0.25) is 0 Å². The molecule has 1 heterocycles. The van der Waals surface area contributed by atoms with Gasteiger partial charge in [-0.15, -0.1) is 0 Å². The van der Waals surface area contributed by atoms with Crippen LogP contribution in [0.1, 0.15) is 83.6 Å². The van der Waals surface area contributed by atoms with Crippen molar-refractivity contribution in [3.63, 3.8) is 0 Å². The molecule has 5 aliphatic rings. The van der Waals surface area contributed by atoms with E-state index in [-0.39, 0.29) is 23.5 Å². The van der Waals surface area contributed by atoms with E-state index in [1.54, 1.807) is 7.05 Å². The van der Waals surface area contributed by atoms with Gasteiger partial charge in [0.05, 0.1) is 24.4 Å². The summed E-state index contributed by atoms with van der Waals surface area (Å²) in [7, 11) is 1.70. The second-order valence-corrected chi connectivity index (χ2v) is 13.4. The van der Waals surface area contributed by atoms with Crippen LogP contribution in [-0.2, 0) is 19.0 Å². The van der Waals surface area contributed by atoms with Gasteiger partial charge < -0.3 is 25.1 Å². The summed E-state index contributed by atoms with van der Waals surface area (Å²) < 4.78 is 17.6. The zero-order valence-electron chi connectivity index (χ0n) is 23.6. The van der Waals surface area contributed by atoms with Gasteiger partial charge in [-0.1, -0.05) is 17.7 Å². The quantitative estimate of drug-likeness (QED) is 0.530. The molecule has 3 saturated carbocycles. The summed E-state index contributed by atoms with van der Waals surface area (Å²) >= 11 is 0. The Labute approximate surface area is 230 Å². The number of carbonyl (C=O) groups is 2. The third-order valence-corrected chi connectivity index (χ3v) is 9.93. The third-order valence-electron chi connectivity index (χ3n) is 9.93. The summed E-state index contributed by atoms with van der Waals surface area (Å²) in [5, 5.41) is 12.1. The zero-order chi connectivity index (χ0) is 27.8. The zero-order valence-corrected chi connectivity index (χ0v) is 23.6. The standard InChI is InChI=1S/C31H42N2O6/c1-28(2,3)39-27(35)33(4)20-7-5-19(6-8-20)22-17-31(32)23(9-10-25(31)34)21-11-13-29(36)18-30(37-15-16-38-30)14-12-24(29)26(21)22/h5-8,21-23,36H,9-18,32H2,1-4H3/t21?,22-,23+,29-,31+/m1/s1. The number of allylic oxidation sites excluding steroid dienone is 1. The Kier molecular flexibility index (Phi) is 6.30. The van der Waals surface area contributed by atoms with Gasteiger partial charge in [0.2, 0.25) is 0 Å². The third kappa shape index (κ3) is 4.44. The first-order valence-corrected chi connectivity index (χ1v) is 14.5. The molecule has 1 aromatic carbocycles. The number of anilines is 1. The lowest BCUT2D eigenvalue weighted by molar-refractivity contribution is -0.208. The van der Waals surface area contributed by atoms with E-state index < -0.39 is 28.6 Å². The van der Waals surface area contributed by atoms with Crippen molar-refractivity contribution in [3.05, 3.63) is 41.0 Å². The molecule has 5 atom stereocenters. The summed E-state index contributed by atoms with van der Waals surface area (Å²) in [5.41, 5.74) is 8.76. The molecule has 1 amide bonds. The van der Waals surface area contributed by atoms with Gasteiger partial charge >= 0.3 is 6.09 Å². The summed E-state index contributed by atoms with van der Waals surface area (Å²) in [4.78, 5) is 27.3. The first-order chi connectivity index (χ1) is 18.3. The minimum Gasteiger partial charge on any atom is -0.443 e. The monoisotopic (exact) mass is 538 g/mol. The first kappa shape index (κ1) is 26.9. The molecule has 0 aromatic heterocycles. The molecule has 0 radical (unpaired) electrons. The molecule has 4 fully saturated rings. The van der Waals surface area contributed by atoms with Crippen molar-refractivity contribution in [2.75, 3.05) is 25.2 Å². The van der Waals surface area contributed by atoms with E-state index in [9.17, 15) is 14.7 Å². The van der Waals surface area contributed by atoms with Crippen molar-refractivity contribution < 1.29 is 28.9 Å². The maximum Gasteiger partial charge on any atom is 0.414 e. The van der Waals surface area contributed by atoms with Gasteiger partial charge in [-0.25, -0.2) is 4.79 Å². The van der Waals surface area contributed by atoms with Crippen LogP contribution in [0.3, 0.4) is 0 Å². The first-order valence-electron chi connectivity index (χ1n) is 14.5. The number of amides is 1. The topological polar surface area (TPSA) is 111 Å². The van der Waals surface area contributed by atoms with Crippen LogP contribution in [0, 0.1) is 11.8 Å². The highest BCUT2D eigenvalue weighted by Gasteiger charge is 2.61. The number of hydrogen-bond acceptors (Lipinski definition) is 7. The highest BCUT2D eigenvalue weighted by molar-refractivity contribution is 5.91. The average molecular weight is 539 g/mol. The van der Waals surface area contributed by atoms with Crippen molar-refractivity contribution >= 4 is 17.6 Å². The Morgan fingerprint density at radius 3 is 2.46 bits per heavy atom. The van der Waals surface area contributed by atoms with Crippen molar-refractivity contribution in [1.82, 2.24) is 0 Å². The molecule has 39 heavy (non-hydrogen) atoms. The normalized spacial score (nSPS) is 35.4. The Hall–Kier alpha value is -2.26. The van der Waals surface area contributed by atoms with Crippen LogP contribution in [0.15, 0.2) is 35.4 Å². The fourth-order valence-corrected chi connectivity index (χ4v) is 8.16. The number of benzene rings is 1. The van der Waals surface area contributed by atoms with Gasteiger partial charge in [0.25, 0.3) is 0 Å². The van der Waals surface area contributed by atoms with Crippen molar-refractivity contribution in [2.45, 2.75) is 101 Å². The maximum atomic E-state index is 13.1. The number of ether oxygens (including phenoxy) is 3. The Morgan fingerprint density at radius 2 is 1.79 bits per heavy atom. The number of rotatable bonds is 2. The molecule has 212 valence electrons. The van der Waals surface area contributed by atoms with E-state index in [1.807, 2.05) is 45.0 Å². The fraction of sp³-hybridized carbons (Fsp3) is 0.677. The molecule has 1 saturated heterocycles. The molecular formula is C31H42N2O6. The number of nitrogens with zero attached hydrogens (tertiary/aromatic N) is 1. The van der Waals surface area contributed by atoms with Crippen LogP contribution in [0.25, 0.3) is 0 Å². The lowest BCUT2D eigenvalue weighted by Crippen LogP contribution is -2.59. The number of fused-ring (bicyclic) bond motifs is 4. The van der Waals surface area contributed by atoms with Crippen molar-refractivity contribution in [2.24, 2.45) is 17.6 Å². The highest BCUT2D eigenvalue weighted by Crippen LogP contribution is 2.61. The molecule has 8 nitrogen and oxygen atoms in total. The molecule has 6 rings (SSSR count). The molecule has 1 spiro atoms. The van der Waals surface area contributed by atoms with Crippen LogP contribution < -0.4 is 10.6 Å². The van der Waals surface area contributed by atoms with Gasteiger partial charge in [0, 0.05) is 37.9 Å². The van der Waals surface area contributed by atoms with Gasteiger partial charge in [0.1, 0.15) is 5.60 Å². The van der Waals surface area contributed by atoms with Crippen LogP contribution in [0.5, 0.6) is 0 Å². The second-order valence-electron chi connectivity index (χ2n) is 13.4. The number of Topliss-reactive ketones (excluding diaryl/α,β-unsaturated/α-hetero) is 1. The average Bonchev–Trinajstić information content (AvgIpc) is 3.44. The Morgan fingerprint density at radius 1 is 1.10 bits per heavy atom. The van der Waals surface area contributed by atoms with Gasteiger partial charge in [0.15, 0.2) is 11.6 Å². The molecule has 0 bridgehead atoms. The molecule has 1 unspecified atom stereocenters. The summed E-state index contributed by atoms with van der Waals surface area (Å²) in [6.45, 7) is 6.67. The molecule has 4 aliphatic carbocycles. The van der Waals surface area contributed by atoms with E-state index in [0.29, 0.717) is 38.9 Å². The van der Waals surface area contributed by atoms with Gasteiger partial charge in [-0.3, -0.25) is 9.69 Å². The predicted molar refractivity (Wildman–Crippen MR) is 146 cm³/mol. The Balaban J connectivity index is 1.37. The summed E-state index contributed by atoms with van der Waals surface area (Å²) in [6.07, 6.45) is 4.82. The fourth-order valence-electron chi connectivity index (χ4n) is 8.16. The number of ketones is 1. The van der Waals surface area contributed by atoms with E-state index in [0.717, 1.165) is 42.5 Å². The lowest BCUT2D eigenvalue weighted by Gasteiger charge is -2.55. The van der Waals surface area contributed by atoms with E-state index in [4.69, 9.17) is 19.9 Å². The summed E-state index contributed by atoms with van der Waals surface area (Å²) in [6, 6.07) is 7.93. The number of nitrogens with two attached hydrogens (primary N) is 1. The SMILES string of the molecule is CN(C(=O)OC(C)(C)C)c1ccc([C@H]2C[C@@]3(N)C(=O)CC[C@H]3C3CC[C@@]4(O)CC5(CCC4=C32)OCCO5)cc1. The van der Waals surface area contributed by atoms with Crippen molar-refractivity contribution in [1.29, 1.82) is 0 Å². The minimum absolute atomic E-state index is 0.0690. The smallest absolute Gasteiger partial charge is 0.414 e. The Bertz CT molecular complexity index is 1200. The van der Waals surface area contributed by atoms with Crippen molar-refractivity contribution in [3.8, 4) is 0 Å². The predicted octanol–water partition coefficient (Wildman–Crippen LogP) is 4.59. The molecular weight excluding hydrogens is 496 g/mol. The molecule has 8 heteroatoms.